The van der Waals surface area contributed by atoms with Crippen molar-refractivity contribution in [3.05, 3.63) is 34.9 Å². The van der Waals surface area contributed by atoms with Crippen molar-refractivity contribution in [3.63, 3.8) is 0 Å². The van der Waals surface area contributed by atoms with Crippen LogP contribution in [0.5, 0.6) is 0 Å². The van der Waals surface area contributed by atoms with Gasteiger partial charge in [-0.1, -0.05) is 0 Å². The number of rotatable bonds is 3. The predicted molar refractivity (Wildman–Crippen MR) is 75.8 cm³/mol. The summed E-state index contributed by atoms with van der Waals surface area (Å²) in [5.74, 6) is -1.62. The van der Waals surface area contributed by atoms with Crippen LogP contribution in [0.15, 0.2) is 12.1 Å². The summed E-state index contributed by atoms with van der Waals surface area (Å²) in [5.41, 5.74) is 7.78. The van der Waals surface area contributed by atoms with E-state index in [0.717, 1.165) is 43.5 Å². The molecule has 1 heterocycles. The molecule has 114 valence electrons. The van der Waals surface area contributed by atoms with Crippen molar-refractivity contribution >= 4 is 5.91 Å². The summed E-state index contributed by atoms with van der Waals surface area (Å²) < 4.78 is 26.7. The average molecular weight is 294 g/mol. The molecular formula is C16H20F2N2O. The van der Waals surface area contributed by atoms with Gasteiger partial charge >= 0.3 is 0 Å². The smallest absolute Gasteiger partial charge is 0.224 e. The number of carbonyl (C=O) groups excluding carboxylic acids is 1. The second-order valence-electron chi connectivity index (χ2n) is 6.07. The molecule has 1 aliphatic heterocycles. The highest BCUT2D eigenvalue weighted by Crippen LogP contribution is 2.37. The number of nitrogens with zero attached hydrogens (tertiary/aromatic N) is 1. The molecule has 1 fully saturated rings. The highest BCUT2D eigenvalue weighted by atomic mass is 19.2. The number of hydrogen-bond acceptors (Lipinski definition) is 2. The van der Waals surface area contributed by atoms with Crippen LogP contribution in [0.25, 0.3) is 0 Å². The van der Waals surface area contributed by atoms with Gasteiger partial charge < -0.3 is 10.6 Å². The Bertz CT molecular complexity index is 555. The van der Waals surface area contributed by atoms with Crippen LogP contribution in [0, 0.1) is 11.6 Å². The van der Waals surface area contributed by atoms with Crippen LogP contribution in [-0.4, -0.2) is 29.9 Å². The van der Waals surface area contributed by atoms with Gasteiger partial charge in [-0.15, -0.1) is 0 Å². The first kappa shape index (κ1) is 14.4. The molecule has 2 unspecified atom stereocenters. The van der Waals surface area contributed by atoms with Crippen LogP contribution in [0.2, 0.25) is 0 Å². The lowest BCUT2D eigenvalue weighted by Crippen LogP contribution is -2.36. The molecule has 1 saturated heterocycles. The number of amides is 1. The molecule has 0 spiro atoms. The topological polar surface area (TPSA) is 46.3 Å². The zero-order chi connectivity index (χ0) is 15.0. The molecule has 1 amide bonds. The van der Waals surface area contributed by atoms with Gasteiger partial charge in [0.15, 0.2) is 11.6 Å². The Morgan fingerprint density at radius 1 is 1.29 bits per heavy atom. The molecule has 0 saturated carbocycles. The lowest BCUT2D eigenvalue weighted by Gasteiger charge is -2.23. The maximum absolute atomic E-state index is 13.4. The standard InChI is InChI=1S/C16H20F2N2O/c17-13-7-10-3-4-11(12(10)8-14(13)18)15(19)9-16(21)20-5-1-2-6-20/h7-8,11,15H,1-6,9,19H2. The zero-order valence-corrected chi connectivity index (χ0v) is 11.9. The van der Waals surface area contributed by atoms with E-state index in [9.17, 15) is 13.6 Å². The third-order valence-electron chi connectivity index (χ3n) is 4.69. The van der Waals surface area contributed by atoms with E-state index in [1.54, 1.807) is 0 Å². The zero-order valence-electron chi connectivity index (χ0n) is 11.9. The van der Waals surface area contributed by atoms with Gasteiger partial charge in [0.1, 0.15) is 0 Å². The molecule has 3 nitrogen and oxygen atoms in total. The largest absolute Gasteiger partial charge is 0.343 e. The third-order valence-corrected chi connectivity index (χ3v) is 4.69. The number of benzene rings is 1. The first-order chi connectivity index (χ1) is 10.1. The van der Waals surface area contributed by atoms with Gasteiger partial charge in [0.2, 0.25) is 5.91 Å². The van der Waals surface area contributed by atoms with Crippen LogP contribution in [0.4, 0.5) is 8.78 Å². The summed E-state index contributed by atoms with van der Waals surface area (Å²) in [6.45, 7) is 1.62. The Balaban J connectivity index is 1.71. The molecule has 5 heteroatoms. The van der Waals surface area contributed by atoms with E-state index in [0.29, 0.717) is 6.42 Å². The highest BCUT2D eigenvalue weighted by molar-refractivity contribution is 5.77. The summed E-state index contributed by atoms with van der Waals surface area (Å²) in [5, 5.41) is 0. The molecule has 1 aromatic rings. The minimum atomic E-state index is -0.835. The van der Waals surface area contributed by atoms with Crippen LogP contribution in [-0.2, 0) is 11.2 Å². The number of hydrogen-bond donors (Lipinski definition) is 1. The molecule has 0 radical (unpaired) electrons. The van der Waals surface area contributed by atoms with Crippen molar-refractivity contribution in [2.24, 2.45) is 5.73 Å². The number of fused-ring (bicyclic) bond motifs is 1. The van der Waals surface area contributed by atoms with E-state index in [4.69, 9.17) is 5.73 Å². The summed E-state index contributed by atoms with van der Waals surface area (Å²) in [7, 11) is 0. The maximum Gasteiger partial charge on any atom is 0.224 e. The van der Waals surface area contributed by atoms with Gasteiger partial charge in [0.25, 0.3) is 0 Å². The number of nitrogens with two attached hydrogens (primary N) is 1. The Morgan fingerprint density at radius 3 is 2.67 bits per heavy atom. The fourth-order valence-electron chi connectivity index (χ4n) is 3.52. The third kappa shape index (κ3) is 2.79. The van der Waals surface area contributed by atoms with Gasteiger partial charge in [-0.3, -0.25) is 4.79 Å². The number of halogens is 2. The highest BCUT2D eigenvalue weighted by Gasteiger charge is 2.31. The van der Waals surface area contributed by atoms with E-state index in [1.165, 1.54) is 12.1 Å². The van der Waals surface area contributed by atoms with Crippen LogP contribution in [0.3, 0.4) is 0 Å². The molecule has 2 N–H and O–H groups in total. The molecule has 0 bridgehead atoms. The second-order valence-corrected chi connectivity index (χ2v) is 6.07. The minimum Gasteiger partial charge on any atom is -0.343 e. The van der Waals surface area contributed by atoms with Crippen molar-refractivity contribution in [2.45, 2.75) is 44.1 Å². The van der Waals surface area contributed by atoms with Crippen LogP contribution < -0.4 is 5.73 Å². The van der Waals surface area contributed by atoms with Gasteiger partial charge in [0, 0.05) is 31.5 Å². The first-order valence-corrected chi connectivity index (χ1v) is 7.57. The Hall–Kier alpha value is -1.49. The van der Waals surface area contributed by atoms with E-state index in [-0.39, 0.29) is 24.3 Å². The first-order valence-electron chi connectivity index (χ1n) is 7.57. The fourth-order valence-corrected chi connectivity index (χ4v) is 3.52. The quantitative estimate of drug-likeness (QED) is 0.930. The van der Waals surface area contributed by atoms with Crippen molar-refractivity contribution in [2.75, 3.05) is 13.1 Å². The van der Waals surface area contributed by atoms with Gasteiger partial charge in [-0.2, -0.15) is 0 Å². The monoisotopic (exact) mass is 294 g/mol. The van der Waals surface area contributed by atoms with E-state index in [2.05, 4.69) is 0 Å². The summed E-state index contributed by atoms with van der Waals surface area (Å²) in [4.78, 5) is 14.0. The summed E-state index contributed by atoms with van der Waals surface area (Å²) in [6, 6.07) is 2.19. The minimum absolute atomic E-state index is 0.0540. The summed E-state index contributed by atoms with van der Waals surface area (Å²) >= 11 is 0. The molecule has 21 heavy (non-hydrogen) atoms. The van der Waals surface area contributed by atoms with E-state index < -0.39 is 11.6 Å². The molecule has 1 aliphatic carbocycles. The predicted octanol–water partition coefficient (Wildman–Crippen LogP) is 2.33. The molecule has 1 aromatic carbocycles. The van der Waals surface area contributed by atoms with Crippen molar-refractivity contribution in [1.29, 1.82) is 0 Å². The number of carbonyl (C=O) groups is 1. The lowest BCUT2D eigenvalue weighted by atomic mass is 9.91. The van der Waals surface area contributed by atoms with E-state index >= 15 is 0 Å². The SMILES string of the molecule is NC(CC(=O)N1CCCC1)C1CCc2cc(F)c(F)cc21. The maximum atomic E-state index is 13.4. The fraction of sp³-hybridized carbons (Fsp3) is 0.562. The lowest BCUT2D eigenvalue weighted by molar-refractivity contribution is -0.130. The summed E-state index contributed by atoms with van der Waals surface area (Å²) in [6.07, 6.45) is 3.84. The van der Waals surface area contributed by atoms with Crippen molar-refractivity contribution < 1.29 is 13.6 Å². The molecule has 2 aliphatic rings. The van der Waals surface area contributed by atoms with Gasteiger partial charge in [-0.25, -0.2) is 8.78 Å². The number of aryl methyl sites for hydroxylation is 1. The van der Waals surface area contributed by atoms with Gasteiger partial charge in [-0.05, 0) is 48.9 Å². The van der Waals surface area contributed by atoms with E-state index in [1.807, 2.05) is 4.90 Å². The Morgan fingerprint density at radius 2 is 1.95 bits per heavy atom. The normalized spacial score (nSPS) is 22.4. The van der Waals surface area contributed by atoms with Crippen molar-refractivity contribution in [3.8, 4) is 0 Å². The molecule has 2 atom stereocenters. The Labute approximate surface area is 123 Å². The average Bonchev–Trinajstić information content (AvgIpc) is 3.08. The number of likely N-dealkylation sites (tertiary alicyclic amines) is 1. The van der Waals surface area contributed by atoms with Crippen LogP contribution >= 0.6 is 0 Å². The second kappa shape index (κ2) is 5.72. The molecule has 3 rings (SSSR count). The van der Waals surface area contributed by atoms with Crippen LogP contribution in [0.1, 0.15) is 42.7 Å². The Kier molecular flexibility index (Phi) is 3.93. The molecular weight excluding hydrogens is 274 g/mol. The van der Waals surface area contributed by atoms with Gasteiger partial charge in [0.05, 0.1) is 0 Å². The molecule has 0 aromatic heterocycles. The van der Waals surface area contributed by atoms with Crippen molar-refractivity contribution in [1.82, 2.24) is 4.90 Å².